The van der Waals surface area contributed by atoms with Crippen molar-refractivity contribution < 1.29 is 9.72 Å². The fraction of sp³-hybridized carbons (Fsp3) is 0.278. The predicted molar refractivity (Wildman–Crippen MR) is 83.6 cm³/mol. The van der Waals surface area contributed by atoms with Crippen molar-refractivity contribution in [1.82, 2.24) is 0 Å². The number of ketones is 1. The SMILES string of the molecule is O=C1c2ccccc2CC[C@@H]1[C@H](C[N+](=O)[O-])c1ccccc1. The maximum atomic E-state index is 12.8. The molecule has 4 heteroatoms. The molecule has 112 valence electrons. The van der Waals surface area contributed by atoms with Crippen LogP contribution in [0.3, 0.4) is 0 Å². The molecule has 1 aliphatic rings. The molecule has 3 rings (SSSR count). The van der Waals surface area contributed by atoms with Crippen LogP contribution in [0.15, 0.2) is 54.6 Å². The molecule has 22 heavy (non-hydrogen) atoms. The molecule has 0 amide bonds. The molecular weight excluding hydrogens is 278 g/mol. The van der Waals surface area contributed by atoms with Gasteiger partial charge in [-0.2, -0.15) is 0 Å². The first-order valence-corrected chi connectivity index (χ1v) is 7.45. The minimum atomic E-state index is -0.364. The maximum Gasteiger partial charge on any atom is 0.211 e. The molecular formula is C18H17NO3. The van der Waals surface area contributed by atoms with Crippen molar-refractivity contribution >= 4 is 5.78 Å². The highest BCUT2D eigenvalue weighted by atomic mass is 16.6. The van der Waals surface area contributed by atoms with Gasteiger partial charge < -0.3 is 0 Å². The van der Waals surface area contributed by atoms with Crippen molar-refractivity contribution in [2.45, 2.75) is 18.8 Å². The normalized spacial score (nSPS) is 18.5. The van der Waals surface area contributed by atoms with Crippen LogP contribution in [0.5, 0.6) is 0 Å². The molecule has 4 nitrogen and oxygen atoms in total. The van der Waals surface area contributed by atoms with E-state index in [1.54, 1.807) is 0 Å². The van der Waals surface area contributed by atoms with Crippen LogP contribution >= 0.6 is 0 Å². The van der Waals surface area contributed by atoms with Gasteiger partial charge in [-0.15, -0.1) is 0 Å². The summed E-state index contributed by atoms with van der Waals surface area (Å²) in [6.07, 6.45) is 1.47. The summed E-state index contributed by atoms with van der Waals surface area (Å²) in [6, 6.07) is 16.9. The van der Waals surface area contributed by atoms with Crippen LogP contribution in [0.4, 0.5) is 0 Å². The first-order chi connectivity index (χ1) is 10.7. The molecule has 0 N–H and O–H groups in total. The fourth-order valence-electron chi connectivity index (χ4n) is 3.33. The summed E-state index contributed by atoms with van der Waals surface area (Å²) in [5, 5.41) is 11.1. The van der Waals surface area contributed by atoms with Crippen molar-refractivity contribution in [2.75, 3.05) is 6.54 Å². The first-order valence-electron chi connectivity index (χ1n) is 7.45. The molecule has 2 aromatic rings. The summed E-state index contributed by atoms with van der Waals surface area (Å²) >= 11 is 0. The summed E-state index contributed by atoms with van der Waals surface area (Å²) in [6.45, 7) is -0.206. The third kappa shape index (κ3) is 2.77. The molecule has 0 aliphatic heterocycles. The maximum absolute atomic E-state index is 12.8. The van der Waals surface area contributed by atoms with Crippen LogP contribution < -0.4 is 0 Å². The van der Waals surface area contributed by atoms with E-state index in [-0.39, 0.29) is 29.1 Å². The van der Waals surface area contributed by atoms with Gasteiger partial charge in [-0.1, -0.05) is 54.6 Å². The second-order valence-electron chi connectivity index (χ2n) is 5.70. The molecule has 0 fully saturated rings. The molecule has 0 bridgehead atoms. The minimum absolute atomic E-state index is 0.0394. The van der Waals surface area contributed by atoms with Crippen LogP contribution in [0.2, 0.25) is 0 Å². The van der Waals surface area contributed by atoms with E-state index in [0.29, 0.717) is 6.42 Å². The van der Waals surface area contributed by atoms with Crippen LogP contribution in [0.1, 0.15) is 33.8 Å². The van der Waals surface area contributed by atoms with E-state index in [1.807, 2.05) is 54.6 Å². The molecule has 2 aromatic carbocycles. The summed E-state index contributed by atoms with van der Waals surface area (Å²) in [5.41, 5.74) is 2.65. The number of fused-ring (bicyclic) bond motifs is 1. The molecule has 0 heterocycles. The molecule has 0 radical (unpaired) electrons. The number of aryl methyl sites for hydroxylation is 1. The van der Waals surface area contributed by atoms with E-state index < -0.39 is 0 Å². The van der Waals surface area contributed by atoms with E-state index in [2.05, 4.69) is 0 Å². The van der Waals surface area contributed by atoms with Crippen LogP contribution in [-0.4, -0.2) is 17.3 Å². The lowest BCUT2D eigenvalue weighted by molar-refractivity contribution is -0.484. The monoisotopic (exact) mass is 295 g/mol. The Hall–Kier alpha value is -2.49. The number of carbonyl (C=O) groups is 1. The third-order valence-electron chi connectivity index (χ3n) is 4.40. The lowest BCUT2D eigenvalue weighted by Gasteiger charge is -2.28. The van der Waals surface area contributed by atoms with Crippen LogP contribution in [-0.2, 0) is 6.42 Å². The standard InChI is InChI=1S/C18H17NO3/c20-18-15-9-5-4-8-14(15)10-11-16(18)17(12-19(21)22)13-6-2-1-3-7-13/h1-9,16-17H,10-12H2/t16-,17-/m1/s1. The number of nitro groups is 1. The Labute approximate surface area is 128 Å². The highest BCUT2D eigenvalue weighted by Crippen LogP contribution is 2.35. The van der Waals surface area contributed by atoms with E-state index >= 15 is 0 Å². The van der Waals surface area contributed by atoms with Crippen LogP contribution in [0, 0.1) is 16.0 Å². The highest BCUT2D eigenvalue weighted by Gasteiger charge is 2.36. The van der Waals surface area contributed by atoms with Gasteiger partial charge in [0, 0.05) is 16.4 Å². The average molecular weight is 295 g/mol. The Morgan fingerprint density at radius 1 is 1.09 bits per heavy atom. The van der Waals surface area contributed by atoms with Gasteiger partial charge in [-0.25, -0.2) is 0 Å². The Morgan fingerprint density at radius 3 is 2.50 bits per heavy atom. The number of carbonyl (C=O) groups excluding carboxylic acids is 1. The number of nitrogens with zero attached hydrogens (tertiary/aromatic N) is 1. The van der Waals surface area contributed by atoms with Gasteiger partial charge in [0.2, 0.25) is 6.54 Å². The van der Waals surface area contributed by atoms with Crippen molar-refractivity contribution in [3.8, 4) is 0 Å². The van der Waals surface area contributed by atoms with Gasteiger partial charge in [0.15, 0.2) is 5.78 Å². The van der Waals surface area contributed by atoms with Crippen molar-refractivity contribution in [2.24, 2.45) is 5.92 Å². The summed E-state index contributed by atoms with van der Waals surface area (Å²) in [5.74, 6) is -0.641. The second kappa shape index (κ2) is 6.10. The summed E-state index contributed by atoms with van der Waals surface area (Å²) in [7, 11) is 0. The Kier molecular flexibility index (Phi) is 4.00. The quantitative estimate of drug-likeness (QED) is 0.640. The van der Waals surface area contributed by atoms with Gasteiger partial charge in [-0.3, -0.25) is 14.9 Å². The number of hydrogen-bond donors (Lipinski definition) is 0. The van der Waals surface area contributed by atoms with Crippen molar-refractivity contribution in [3.63, 3.8) is 0 Å². The Morgan fingerprint density at radius 2 is 1.77 bits per heavy atom. The summed E-state index contributed by atoms with van der Waals surface area (Å²) < 4.78 is 0. The predicted octanol–water partition coefficient (Wildman–Crippen LogP) is 3.49. The third-order valence-corrected chi connectivity index (χ3v) is 4.40. The van der Waals surface area contributed by atoms with Crippen molar-refractivity contribution in [1.29, 1.82) is 0 Å². The van der Waals surface area contributed by atoms with Gasteiger partial charge in [0.05, 0.1) is 5.92 Å². The van der Waals surface area contributed by atoms with E-state index in [9.17, 15) is 14.9 Å². The van der Waals surface area contributed by atoms with E-state index in [4.69, 9.17) is 0 Å². The number of benzene rings is 2. The molecule has 0 aromatic heterocycles. The average Bonchev–Trinajstić information content (AvgIpc) is 2.54. The second-order valence-corrected chi connectivity index (χ2v) is 5.70. The summed E-state index contributed by atoms with van der Waals surface area (Å²) in [4.78, 5) is 23.5. The van der Waals surface area contributed by atoms with Gasteiger partial charge in [0.25, 0.3) is 0 Å². The van der Waals surface area contributed by atoms with Gasteiger partial charge in [0.1, 0.15) is 0 Å². The molecule has 0 unspecified atom stereocenters. The lowest BCUT2D eigenvalue weighted by atomic mass is 9.73. The minimum Gasteiger partial charge on any atom is -0.294 e. The van der Waals surface area contributed by atoms with Crippen LogP contribution in [0.25, 0.3) is 0 Å². The zero-order valence-corrected chi connectivity index (χ0v) is 12.1. The highest BCUT2D eigenvalue weighted by molar-refractivity contribution is 6.00. The van der Waals surface area contributed by atoms with E-state index in [0.717, 1.165) is 23.1 Å². The lowest BCUT2D eigenvalue weighted by Crippen LogP contribution is -2.31. The number of rotatable bonds is 4. The Balaban J connectivity index is 1.96. The molecule has 2 atom stereocenters. The topological polar surface area (TPSA) is 60.2 Å². The van der Waals surface area contributed by atoms with Gasteiger partial charge in [-0.05, 0) is 24.0 Å². The zero-order valence-electron chi connectivity index (χ0n) is 12.1. The smallest absolute Gasteiger partial charge is 0.211 e. The molecule has 0 spiro atoms. The largest absolute Gasteiger partial charge is 0.294 e. The number of hydrogen-bond acceptors (Lipinski definition) is 3. The number of Topliss-reactive ketones (excluding diaryl/α,β-unsaturated/α-hetero) is 1. The molecule has 0 saturated carbocycles. The zero-order chi connectivity index (χ0) is 15.5. The first kappa shape index (κ1) is 14.4. The van der Waals surface area contributed by atoms with Gasteiger partial charge >= 0.3 is 0 Å². The van der Waals surface area contributed by atoms with E-state index in [1.165, 1.54) is 0 Å². The Bertz CT molecular complexity index is 696. The fourth-order valence-corrected chi connectivity index (χ4v) is 3.33. The molecule has 1 aliphatic carbocycles. The molecule has 0 saturated heterocycles. The van der Waals surface area contributed by atoms with Crippen molar-refractivity contribution in [3.05, 3.63) is 81.4 Å².